The third kappa shape index (κ3) is 81.2. The molecule has 0 amide bonds. The Balaban J connectivity index is 0. The van der Waals surface area contributed by atoms with Crippen LogP contribution in [0.2, 0.25) is 0 Å². The number of halogens is 6. The predicted molar refractivity (Wildman–Crippen MR) is 37.8 cm³/mol. The van der Waals surface area contributed by atoms with Gasteiger partial charge in [-0.1, -0.05) is 46.4 Å². The summed E-state index contributed by atoms with van der Waals surface area (Å²) in [5.74, 6) is 0. The van der Waals surface area contributed by atoms with Crippen molar-refractivity contribution >= 4 is 65.8 Å². The second-order valence-corrected chi connectivity index (χ2v) is 8.58. The Kier molecular flexibility index (Phi) is 12.1. The van der Waals surface area contributed by atoms with Crippen molar-refractivity contribution in [3.05, 3.63) is 0 Å². The van der Waals surface area contributed by atoms with E-state index in [0.29, 0.717) is 0 Å². The summed E-state index contributed by atoms with van der Waals surface area (Å²) in [6.07, 6.45) is 0. The van der Waals surface area contributed by atoms with Crippen LogP contribution in [-0.2, 0) is 15.1 Å². The van der Waals surface area contributed by atoms with Crippen LogP contribution in [0.3, 0.4) is 0 Å². The van der Waals surface area contributed by atoms with Crippen LogP contribution in [-0.4, -0.2) is 3.25 Å². The third-order valence-corrected chi connectivity index (χ3v) is 0. The van der Waals surface area contributed by atoms with Gasteiger partial charge in [0, 0.05) is 0 Å². The zero-order valence-electron chi connectivity index (χ0n) is 3.47. The van der Waals surface area contributed by atoms with E-state index < -0.39 is 18.4 Å². The van der Waals surface area contributed by atoms with Gasteiger partial charge in [0.2, 0.25) is 0 Å². The number of hydrogen-bond donors (Lipinski definition) is 0. The van der Waals surface area contributed by atoms with Crippen molar-refractivity contribution in [1.29, 1.82) is 0 Å². The first-order valence-electron chi connectivity index (χ1n) is 1.29. The van der Waals surface area contributed by atoms with Gasteiger partial charge in [-0.2, -0.15) is 0 Å². The van der Waals surface area contributed by atoms with Crippen LogP contribution in [0, 0.1) is 0 Å². The molecule has 0 saturated heterocycles. The van der Waals surface area contributed by atoms with Crippen LogP contribution in [0.4, 0.5) is 0 Å². The topological polar surface area (TPSA) is 0 Å². The molecule has 0 fully saturated rings. The third-order valence-electron chi connectivity index (χ3n) is 0. The second-order valence-electron chi connectivity index (χ2n) is 0.530. The van der Waals surface area contributed by atoms with Gasteiger partial charge in [-0.05, 0) is 0 Å². The molecule has 0 atom stereocenters. The fourth-order valence-electron chi connectivity index (χ4n) is 0. The normalized spacial score (nSPS) is 8.75. The summed E-state index contributed by atoms with van der Waals surface area (Å²) in [5.41, 5.74) is 0. The van der Waals surface area contributed by atoms with Gasteiger partial charge < -0.3 is 0 Å². The molecule has 0 N–H and O–H groups in total. The van der Waals surface area contributed by atoms with E-state index in [-0.39, 0.29) is 0 Å². The molecule has 0 aromatic heterocycles. The molecule has 8 heavy (non-hydrogen) atoms. The minimum absolute atomic E-state index is 0.931. The average Bonchev–Trinajstić information content (AvgIpc) is 1.27. The molecule has 0 saturated carbocycles. The molecule has 0 rings (SSSR count). The molecule has 0 spiro atoms. The minimum atomic E-state index is -1.61. The fourth-order valence-corrected chi connectivity index (χ4v) is 0. The fraction of sp³-hybridized carbons (Fsp3) is 1.00. The SMILES string of the molecule is ClC(Cl)(Cl)Cl.[Cl][Zn][Cl]. The number of hydrogen-bond acceptors (Lipinski definition) is 0. The maximum absolute atomic E-state index is 4.95. The van der Waals surface area contributed by atoms with Crippen LogP contribution >= 0.6 is 65.8 Å². The first-order valence-corrected chi connectivity index (χ1v) is 10.6. The summed E-state index contributed by atoms with van der Waals surface area (Å²) in [6, 6.07) is 0. The molecular weight excluding hydrogens is 290 g/mol. The Morgan fingerprint density at radius 1 is 0.875 bits per heavy atom. The van der Waals surface area contributed by atoms with Crippen molar-refractivity contribution < 1.29 is 15.1 Å². The van der Waals surface area contributed by atoms with E-state index in [1.165, 1.54) is 0 Å². The van der Waals surface area contributed by atoms with Gasteiger partial charge in [-0.3, -0.25) is 0 Å². The van der Waals surface area contributed by atoms with Gasteiger partial charge >= 0.3 is 34.5 Å². The number of alkyl halides is 4. The van der Waals surface area contributed by atoms with Crippen LogP contribution < -0.4 is 0 Å². The first kappa shape index (κ1) is 13.0. The summed E-state index contributed by atoms with van der Waals surface area (Å²) < 4.78 is -1.61. The van der Waals surface area contributed by atoms with Gasteiger partial charge in [0.1, 0.15) is 0 Å². The predicted octanol–water partition coefficient (Wildman–Crippen LogP) is 3.93. The molecule has 48 valence electrons. The van der Waals surface area contributed by atoms with Crippen molar-refractivity contribution in [2.75, 3.05) is 0 Å². The summed E-state index contributed by atoms with van der Waals surface area (Å²) in [7, 11) is 9.90. The van der Waals surface area contributed by atoms with Crippen molar-refractivity contribution in [3.8, 4) is 0 Å². The molecule has 0 aromatic carbocycles. The Hall–Kier alpha value is 2.36. The molecular formula is CCl6Zn. The van der Waals surface area contributed by atoms with Gasteiger partial charge in [-0.15, -0.1) is 0 Å². The zero-order chi connectivity index (χ0) is 7.21. The summed E-state index contributed by atoms with van der Waals surface area (Å²) in [6.45, 7) is 0. The van der Waals surface area contributed by atoms with E-state index >= 15 is 0 Å². The van der Waals surface area contributed by atoms with Crippen molar-refractivity contribution in [2.45, 2.75) is 3.25 Å². The molecule has 7 heteroatoms. The van der Waals surface area contributed by atoms with E-state index in [4.69, 9.17) is 65.8 Å². The summed E-state index contributed by atoms with van der Waals surface area (Å²) in [4.78, 5) is 0. The van der Waals surface area contributed by atoms with Crippen LogP contribution in [0.25, 0.3) is 0 Å². The standard InChI is InChI=1S/CCl4.2ClH.Zn/c2-1(3,4)5;;;/h;2*1H;/q;;;+2/p-2. The molecule has 0 aromatic rings. The molecule has 0 aliphatic rings. The van der Waals surface area contributed by atoms with Crippen LogP contribution in [0.1, 0.15) is 0 Å². The monoisotopic (exact) mass is 286 g/mol. The van der Waals surface area contributed by atoms with Crippen LogP contribution in [0.5, 0.6) is 0 Å². The molecule has 0 nitrogen and oxygen atoms in total. The van der Waals surface area contributed by atoms with Crippen molar-refractivity contribution in [2.24, 2.45) is 0 Å². The van der Waals surface area contributed by atoms with Gasteiger partial charge in [0.05, 0.1) is 0 Å². The summed E-state index contributed by atoms with van der Waals surface area (Å²) >= 11 is 18.4. The molecule has 0 radical (unpaired) electrons. The Morgan fingerprint density at radius 2 is 0.875 bits per heavy atom. The maximum atomic E-state index is 4.95. The molecule has 0 aliphatic carbocycles. The molecule has 0 bridgehead atoms. The molecule has 0 aliphatic heterocycles. The Morgan fingerprint density at radius 3 is 0.875 bits per heavy atom. The van der Waals surface area contributed by atoms with Gasteiger partial charge in [0.25, 0.3) is 3.25 Å². The molecule has 0 unspecified atom stereocenters. The Bertz CT molecular complexity index is 32.3. The molecule has 0 heterocycles. The van der Waals surface area contributed by atoms with Gasteiger partial charge in [0.15, 0.2) is 0 Å². The second kappa shape index (κ2) is 7.47. The van der Waals surface area contributed by atoms with Crippen molar-refractivity contribution in [3.63, 3.8) is 0 Å². The van der Waals surface area contributed by atoms with E-state index in [9.17, 15) is 0 Å². The summed E-state index contributed by atoms with van der Waals surface area (Å²) in [5, 5.41) is 0. The van der Waals surface area contributed by atoms with E-state index in [1.807, 2.05) is 0 Å². The van der Waals surface area contributed by atoms with E-state index in [0.717, 1.165) is 0 Å². The number of rotatable bonds is 0. The van der Waals surface area contributed by atoms with Crippen molar-refractivity contribution in [1.82, 2.24) is 0 Å². The van der Waals surface area contributed by atoms with Crippen LogP contribution in [0.15, 0.2) is 0 Å². The zero-order valence-corrected chi connectivity index (χ0v) is 11.0. The van der Waals surface area contributed by atoms with Gasteiger partial charge in [-0.25, -0.2) is 0 Å². The van der Waals surface area contributed by atoms with E-state index in [2.05, 4.69) is 0 Å². The quantitative estimate of drug-likeness (QED) is 0.468. The van der Waals surface area contributed by atoms with E-state index in [1.54, 1.807) is 0 Å². The Labute approximate surface area is 83.4 Å². The average molecular weight is 290 g/mol. The first-order chi connectivity index (χ1) is 3.41.